The summed E-state index contributed by atoms with van der Waals surface area (Å²) in [6.07, 6.45) is 7.66. The Balaban J connectivity index is 1.38. The van der Waals surface area contributed by atoms with Crippen LogP contribution in [0, 0.1) is 0 Å². The second-order valence-corrected chi connectivity index (χ2v) is 9.69. The van der Waals surface area contributed by atoms with Crippen LogP contribution in [0.3, 0.4) is 0 Å². The van der Waals surface area contributed by atoms with Crippen molar-refractivity contribution in [3.63, 3.8) is 0 Å². The van der Waals surface area contributed by atoms with E-state index in [0.717, 1.165) is 45.9 Å². The molecule has 7 aromatic rings. The highest BCUT2D eigenvalue weighted by atomic mass is 15.1. The van der Waals surface area contributed by atoms with Crippen LogP contribution in [0.15, 0.2) is 85.3 Å². The van der Waals surface area contributed by atoms with Gasteiger partial charge in [0.1, 0.15) is 5.65 Å². The van der Waals surface area contributed by atoms with E-state index >= 15 is 0 Å². The molecule has 0 spiro atoms. The predicted octanol–water partition coefficient (Wildman–Crippen LogP) is 6.73. The van der Waals surface area contributed by atoms with Gasteiger partial charge in [-0.05, 0) is 93.1 Å². The highest BCUT2D eigenvalue weighted by Gasteiger charge is 2.28. The molecule has 9 rings (SSSR count). The van der Waals surface area contributed by atoms with Gasteiger partial charge in [-0.25, -0.2) is 9.97 Å². The zero-order valence-corrected chi connectivity index (χ0v) is 18.8. The van der Waals surface area contributed by atoms with Gasteiger partial charge in [-0.2, -0.15) is 0 Å². The molecule has 4 nitrogen and oxygen atoms in total. The molecule has 0 saturated carbocycles. The Morgan fingerprint density at radius 3 is 2.43 bits per heavy atom. The van der Waals surface area contributed by atoms with Crippen molar-refractivity contribution < 1.29 is 0 Å². The maximum atomic E-state index is 4.99. The van der Waals surface area contributed by atoms with Crippen molar-refractivity contribution in [3.8, 4) is 22.3 Å². The molecule has 0 radical (unpaired) electrons. The van der Waals surface area contributed by atoms with Gasteiger partial charge in [0.25, 0.3) is 0 Å². The zero-order valence-electron chi connectivity index (χ0n) is 18.8. The largest absolute Gasteiger partial charge is 0.290 e. The predicted molar refractivity (Wildman–Crippen MR) is 140 cm³/mol. The SMILES string of the molecule is c1ccc2c(c1)Cc1c-2ccc2c1Cc1cc3c4cnccc4n4c5cccnc5nc4c3cc1-2. The van der Waals surface area contributed by atoms with Gasteiger partial charge in [0.2, 0.25) is 0 Å². The number of hydrogen-bond acceptors (Lipinski definition) is 3. The number of pyridine rings is 3. The van der Waals surface area contributed by atoms with Gasteiger partial charge < -0.3 is 0 Å². The van der Waals surface area contributed by atoms with Gasteiger partial charge >= 0.3 is 0 Å². The van der Waals surface area contributed by atoms with Crippen molar-refractivity contribution in [3.05, 3.63) is 108 Å². The summed E-state index contributed by atoms with van der Waals surface area (Å²) in [6, 6.07) is 24.4. The van der Waals surface area contributed by atoms with E-state index in [1.165, 1.54) is 49.9 Å². The Labute approximate surface area is 200 Å². The summed E-state index contributed by atoms with van der Waals surface area (Å²) >= 11 is 0. The summed E-state index contributed by atoms with van der Waals surface area (Å²) in [5.74, 6) is 0. The van der Waals surface area contributed by atoms with Gasteiger partial charge in [-0.15, -0.1) is 0 Å². The quantitative estimate of drug-likeness (QED) is 0.243. The normalized spacial score (nSPS) is 13.5. The van der Waals surface area contributed by atoms with E-state index in [1.807, 2.05) is 24.7 Å². The second kappa shape index (κ2) is 6.10. The van der Waals surface area contributed by atoms with Crippen LogP contribution in [-0.4, -0.2) is 19.4 Å². The lowest BCUT2D eigenvalue weighted by molar-refractivity contribution is 1.16. The van der Waals surface area contributed by atoms with Gasteiger partial charge in [0, 0.05) is 29.4 Å². The summed E-state index contributed by atoms with van der Waals surface area (Å²) < 4.78 is 2.24. The van der Waals surface area contributed by atoms with E-state index in [2.05, 4.69) is 75.0 Å². The molecule has 0 aliphatic heterocycles. The Morgan fingerprint density at radius 2 is 1.49 bits per heavy atom. The molecular formula is C31H18N4. The lowest BCUT2D eigenvalue weighted by Gasteiger charge is -2.11. The molecule has 4 aromatic heterocycles. The molecule has 162 valence electrons. The van der Waals surface area contributed by atoms with Crippen LogP contribution in [-0.2, 0) is 12.8 Å². The lowest BCUT2D eigenvalue weighted by Crippen LogP contribution is -1.93. The third-order valence-electron chi connectivity index (χ3n) is 8.01. The minimum Gasteiger partial charge on any atom is -0.290 e. The molecule has 35 heavy (non-hydrogen) atoms. The van der Waals surface area contributed by atoms with E-state index in [9.17, 15) is 0 Å². The van der Waals surface area contributed by atoms with Crippen LogP contribution in [0.2, 0.25) is 0 Å². The number of nitrogens with zero attached hydrogens (tertiary/aromatic N) is 4. The highest BCUT2D eigenvalue weighted by molar-refractivity contribution is 6.15. The van der Waals surface area contributed by atoms with Gasteiger partial charge in [-0.3, -0.25) is 9.38 Å². The van der Waals surface area contributed by atoms with E-state index in [4.69, 9.17) is 4.98 Å². The minimum atomic E-state index is 0.773. The first-order valence-electron chi connectivity index (χ1n) is 12.0. The van der Waals surface area contributed by atoms with E-state index in [0.29, 0.717) is 0 Å². The smallest absolute Gasteiger partial charge is 0.178 e. The van der Waals surface area contributed by atoms with Crippen LogP contribution >= 0.6 is 0 Å². The first kappa shape index (κ1) is 17.8. The minimum absolute atomic E-state index is 0.773. The molecule has 0 fully saturated rings. The first-order chi connectivity index (χ1) is 17.3. The van der Waals surface area contributed by atoms with Crippen molar-refractivity contribution in [1.29, 1.82) is 0 Å². The van der Waals surface area contributed by atoms with Crippen LogP contribution in [0.25, 0.3) is 60.7 Å². The number of benzene rings is 3. The van der Waals surface area contributed by atoms with Crippen molar-refractivity contribution in [2.75, 3.05) is 0 Å². The van der Waals surface area contributed by atoms with Gasteiger partial charge in [0.05, 0.1) is 11.0 Å². The molecule has 0 saturated heterocycles. The number of fused-ring (bicyclic) bond motifs is 15. The number of imidazole rings is 1. The Bertz CT molecular complexity index is 2070. The summed E-state index contributed by atoms with van der Waals surface area (Å²) in [5, 5.41) is 3.51. The Hall–Kier alpha value is -4.57. The maximum absolute atomic E-state index is 4.99. The summed E-state index contributed by atoms with van der Waals surface area (Å²) in [4.78, 5) is 14.0. The van der Waals surface area contributed by atoms with Crippen LogP contribution < -0.4 is 0 Å². The van der Waals surface area contributed by atoms with Gasteiger partial charge in [0.15, 0.2) is 5.65 Å². The van der Waals surface area contributed by atoms with E-state index in [-0.39, 0.29) is 0 Å². The second-order valence-electron chi connectivity index (χ2n) is 9.69. The standard InChI is InChI=1S/C31H18N4/c1-2-5-19-17(4-1)12-23-20(19)7-8-21-22-15-26-25(14-18(22)13-24(21)23)27-16-32-11-9-28(27)35-29-6-3-10-33-30(29)34-31(26)35/h1-11,14-16H,12-13H2. The van der Waals surface area contributed by atoms with Crippen molar-refractivity contribution >= 4 is 38.5 Å². The fourth-order valence-corrected chi connectivity index (χ4v) is 6.50. The molecule has 2 aliphatic rings. The number of hydrogen-bond donors (Lipinski definition) is 0. The fraction of sp³-hybridized carbons (Fsp3) is 0.0645. The third-order valence-corrected chi connectivity index (χ3v) is 8.01. The molecule has 2 aliphatic carbocycles. The first-order valence-corrected chi connectivity index (χ1v) is 12.0. The Kier molecular flexibility index (Phi) is 3.11. The molecule has 0 bridgehead atoms. The van der Waals surface area contributed by atoms with Crippen molar-refractivity contribution in [1.82, 2.24) is 19.4 Å². The Morgan fingerprint density at radius 1 is 0.629 bits per heavy atom. The number of aromatic nitrogens is 4. The molecule has 0 N–H and O–H groups in total. The zero-order chi connectivity index (χ0) is 22.7. The highest BCUT2D eigenvalue weighted by Crippen LogP contribution is 2.48. The summed E-state index contributed by atoms with van der Waals surface area (Å²) in [7, 11) is 0. The average Bonchev–Trinajstić information content (AvgIpc) is 3.59. The lowest BCUT2D eigenvalue weighted by atomic mass is 9.96. The molecule has 0 atom stereocenters. The van der Waals surface area contributed by atoms with Crippen LogP contribution in [0.4, 0.5) is 0 Å². The molecule has 4 heteroatoms. The van der Waals surface area contributed by atoms with Crippen LogP contribution in [0.1, 0.15) is 22.3 Å². The van der Waals surface area contributed by atoms with Gasteiger partial charge in [-0.1, -0.05) is 36.4 Å². The molecular weight excluding hydrogens is 428 g/mol. The molecule has 0 unspecified atom stereocenters. The topological polar surface area (TPSA) is 43.1 Å². The number of rotatable bonds is 0. The summed E-state index contributed by atoms with van der Waals surface area (Å²) in [5.41, 5.74) is 15.2. The monoisotopic (exact) mass is 446 g/mol. The van der Waals surface area contributed by atoms with Crippen molar-refractivity contribution in [2.24, 2.45) is 0 Å². The maximum Gasteiger partial charge on any atom is 0.178 e. The van der Waals surface area contributed by atoms with Crippen LogP contribution in [0.5, 0.6) is 0 Å². The molecule has 3 aromatic carbocycles. The van der Waals surface area contributed by atoms with Crippen molar-refractivity contribution in [2.45, 2.75) is 12.8 Å². The van der Waals surface area contributed by atoms with E-state index < -0.39 is 0 Å². The van der Waals surface area contributed by atoms with E-state index in [1.54, 1.807) is 0 Å². The molecule has 0 amide bonds. The third kappa shape index (κ3) is 2.15. The molecule has 4 heterocycles. The fourth-order valence-electron chi connectivity index (χ4n) is 6.50. The average molecular weight is 447 g/mol. The summed E-state index contributed by atoms with van der Waals surface area (Å²) in [6.45, 7) is 0.